The van der Waals surface area contributed by atoms with E-state index in [2.05, 4.69) is 15.9 Å². The van der Waals surface area contributed by atoms with Gasteiger partial charge in [0.2, 0.25) is 0 Å². The lowest BCUT2D eigenvalue weighted by Gasteiger charge is -2.26. The monoisotopic (exact) mass is 295 g/mol. The number of carbonyl (C=O) groups excluding carboxylic acids is 2. The first kappa shape index (κ1) is 12.3. The molecule has 4 heteroatoms. The second-order valence-corrected chi connectivity index (χ2v) is 5.21. The molecule has 0 radical (unpaired) electrons. The van der Waals surface area contributed by atoms with E-state index in [0.29, 0.717) is 18.5 Å². The van der Waals surface area contributed by atoms with Crippen molar-refractivity contribution < 1.29 is 9.59 Å². The minimum atomic E-state index is -0.0649. The Labute approximate surface area is 109 Å². The number of ketones is 1. The molecule has 2 rings (SSSR count). The molecular formula is C13H14BrNO2. The number of piperidine rings is 1. The van der Waals surface area contributed by atoms with Gasteiger partial charge in [-0.15, -0.1) is 0 Å². The van der Waals surface area contributed by atoms with Gasteiger partial charge in [-0.1, -0.05) is 6.07 Å². The Morgan fingerprint density at radius 1 is 1.41 bits per heavy atom. The number of amides is 1. The van der Waals surface area contributed by atoms with Crippen LogP contribution < -0.4 is 0 Å². The lowest BCUT2D eigenvalue weighted by atomic mass is 10.1. The Hall–Kier alpha value is -1.16. The highest BCUT2D eigenvalue weighted by molar-refractivity contribution is 9.10. The summed E-state index contributed by atoms with van der Waals surface area (Å²) in [7, 11) is 0. The van der Waals surface area contributed by atoms with Crippen LogP contribution in [0.25, 0.3) is 0 Å². The molecule has 1 fully saturated rings. The van der Waals surface area contributed by atoms with Crippen LogP contribution in [0.1, 0.15) is 28.8 Å². The summed E-state index contributed by atoms with van der Waals surface area (Å²) in [4.78, 5) is 25.2. The maximum absolute atomic E-state index is 12.2. The van der Waals surface area contributed by atoms with Crippen molar-refractivity contribution in [1.82, 2.24) is 4.90 Å². The molecule has 0 atom stereocenters. The first-order valence-electron chi connectivity index (χ1n) is 5.65. The predicted molar refractivity (Wildman–Crippen MR) is 69.0 cm³/mol. The lowest BCUT2D eigenvalue weighted by Crippen LogP contribution is -2.40. The normalized spacial score (nSPS) is 16.1. The van der Waals surface area contributed by atoms with Gasteiger partial charge in [-0.25, -0.2) is 0 Å². The summed E-state index contributed by atoms with van der Waals surface area (Å²) in [6.07, 6.45) is 1.37. The molecule has 1 aromatic carbocycles. The Kier molecular flexibility index (Phi) is 3.62. The van der Waals surface area contributed by atoms with E-state index in [1.54, 1.807) is 11.0 Å². The molecule has 0 unspecified atom stereocenters. The van der Waals surface area contributed by atoms with E-state index < -0.39 is 0 Å². The summed E-state index contributed by atoms with van der Waals surface area (Å²) >= 11 is 3.40. The first-order chi connectivity index (χ1) is 8.08. The number of rotatable bonds is 1. The maximum atomic E-state index is 12.2. The SMILES string of the molecule is Cc1ccc(C(=O)N2CCCC(=O)C2)c(Br)c1. The Bertz CT molecular complexity index is 470. The number of halogens is 1. The smallest absolute Gasteiger partial charge is 0.255 e. The molecule has 17 heavy (non-hydrogen) atoms. The summed E-state index contributed by atoms with van der Waals surface area (Å²) in [6.45, 7) is 2.90. The van der Waals surface area contributed by atoms with Crippen LogP contribution in [-0.4, -0.2) is 29.7 Å². The fourth-order valence-corrected chi connectivity index (χ4v) is 2.64. The third kappa shape index (κ3) is 2.75. The quantitative estimate of drug-likeness (QED) is 0.798. The standard InChI is InChI=1S/C13H14BrNO2/c1-9-4-5-11(12(14)7-9)13(17)15-6-2-3-10(16)8-15/h4-5,7H,2-3,6,8H2,1H3. The van der Waals surface area contributed by atoms with Gasteiger partial charge >= 0.3 is 0 Å². The molecule has 3 nitrogen and oxygen atoms in total. The number of hydrogen-bond acceptors (Lipinski definition) is 2. The summed E-state index contributed by atoms with van der Waals surface area (Å²) in [6, 6.07) is 5.63. The van der Waals surface area contributed by atoms with Gasteiger partial charge in [-0.2, -0.15) is 0 Å². The van der Waals surface area contributed by atoms with Crippen molar-refractivity contribution in [2.75, 3.05) is 13.1 Å². The number of nitrogens with zero attached hydrogens (tertiary/aromatic N) is 1. The van der Waals surface area contributed by atoms with Gasteiger partial charge in [0, 0.05) is 17.4 Å². The van der Waals surface area contributed by atoms with E-state index in [0.717, 1.165) is 16.5 Å². The molecule has 0 aliphatic carbocycles. The minimum Gasteiger partial charge on any atom is -0.331 e. The Morgan fingerprint density at radius 3 is 2.82 bits per heavy atom. The van der Waals surface area contributed by atoms with Gasteiger partial charge in [0.05, 0.1) is 12.1 Å². The molecule has 1 aromatic rings. The van der Waals surface area contributed by atoms with Crippen LogP contribution in [0, 0.1) is 6.92 Å². The highest BCUT2D eigenvalue weighted by Crippen LogP contribution is 2.21. The molecule has 1 aliphatic rings. The summed E-state index contributed by atoms with van der Waals surface area (Å²) in [5.74, 6) is 0.0813. The second-order valence-electron chi connectivity index (χ2n) is 4.35. The van der Waals surface area contributed by atoms with E-state index in [-0.39, 0.29) is 18.2 Å². The van der Waals surface area contributed by atoms with Crippen molar-refractivity contribution in [3.05, 3.63) is 33.8 Å². The third-order valence-corrected chi connectivity index (χ3v) is 3.55. The number of aryl methyl sites for hydroxylation is 1. The highest BCUT2D eigenvalue weighted by Gasteiger charge is 2.23. The van der Waals surface area contributed by atoms with Crippen molar-refractivity contribution in [3.63, 3.8) is 0 Å². The molecule has 1 heterocycles. The maximum Gasteiger partial charge on any atom is 0.255 e. The van der Waals surface area contributed by atoms with Gasteiger partial charge < -0.3 is 4.90 Å². The molecule has 1 saturated heterocycles. The van der Waals surface area contributed by atoms with Crippen LogP contribution in [0.2, 0.25) is 0 Å². The van der Waals surface area contributed by atoms with E-state index in [1.165, 1.54) is 0 Å². The van der Waals surface area contributed by atoms with Gasteiger partial charge in [0.1, 0.15) is 0 Å². The molecule has 90 valence electrons. The molecule has 0 N–H and O–H groups in total. The third-order valence-electron chi connectivity index (χ3n) is 2.89. The van der Waals surface area contributed by atoms with E-state index in [1.807, 2.05) is 19.1 Å². The Balaban J connectivity index is 2.21. The number of benzene rings is 1. The number of carbonyl (C=O) groups is 2. The van der Waals surface area contributed by atoms with Crippen LogP contribution in [-0.2, 0) is 4.79 Å². The van der Waals surface area contributed by atoms with Crippen molar-refractivity contribution in [1.29, 1.82) is 0 Å². The predicted octanol–water partition coefficient (Wildman–Crippen LogP) is 2.56. The number of Topliss-reactive ketones (excluding diaryl/α,β-unsaturated/α-hetero) is 1. The molecule has 1 aliphatic heterocycles. The van der Waals surface area contributed by atoms with Crippen LogP contribution in [0.4, 0.5) is 0 Å². The molecule has 0 bridgehead atoms. The zero-order valence-corrected chi connectivity index (χ0v) is 11.3. The average molecular weight is 296 g/mol. The number of hydrogen-bond donors (Lipinski definition) is 0. The van der Waals surface area contributed by atoms with Gasteiger partial charge in [0.25, 0.3) is 5.91 Å². The summed E-state index contributed by atoms with van der Waals surface area (Å²) in [5.41, 5.74) is 1.73. The molecular weight excluding hydrogens is 282 g/mol. The van der Waals surface area contributed by atoms with Crippen molar-refractivity contribution >= 4 is 27.6 Å². The summed E-state index contributed by atoms with van der Waals surface area (Å²) in [5, 5.41) is 0. The minimum absolute atomic E-state index is 0.0649. The average Bonchev–Trinajstić information content (AvgIpc) is 2.28. The molecule has 0 spiro atoms. The van der Waals surface area contributed by atoms with E-state index >= 15 is 0 Å². The largest absolute Gasteiger partial charge is 0.331 e. The van der Waals surface area contributed by atoms with Gasteiger partial charge in [-0.05, 0) is 47.0 Å². The van der Waals surface area contributed by atoms with Crippen LogP contribution in [0.3, 0.4) is 0 Å². The first-order valence-corrected chi connectivity index (χ1v) is 6.44. The molecule has 1 amide bonds. The van der Waals surface area contributed by atoms with Crippen LogP contribution in [0.5, 0.6) is 0 Å². The molecule has 0 saturated carbocycles. The van der Waals surface area contributed by atoms with Crippen molar-refractivity contribution in [3.8, 4) is 0 Å². The topological polar surface area (TPSA) is 37.4 Å². The highest BCUT2D eigenvalue weighted by atomic mass is 79.9. The van der Waals surface area contributed by atoms with Crippen molar-refractivity contribution in [2.45, 2.75) is 19.8 Å². The second kappa shape index (κ2) is 5.00. The fourth-order valence-electron chi connectivity index (χ4n) is 1.98. The summed E-state index contributed by atoms with van der Waals surface area (Å²) < 4.78 is 0.792. The lowest BCUT2D eigenvalue weighted by molar-refractivity contribution is -0.121. The zero-order valence-electron chi connectivity index (χ0n) is 9.70. The Morgan fingerprint density at radius 2 is 2.18 bits per heavy atom. The van der Waals surface area contributed by atoms with E-state index in [9.17, 15) is 9.59 Å². The molecule has 0 aromatic heterocycles. The van der Waals surface area contributed by atoms with Crippen LogP contribution >= 0.6 is 15.9 Å². The van der Waals surface area contributed by atoms with Crippen LogP contribution in [0.15, 0.2) is 22.7 Å². The van der Waals surface area contributed by atoms with Gasteiger partial charge in [0.15, 0.2) is 5.78 Å². The fraction of sp³-hybridized carbons (Fsp3) is 0.385. The van der Waals surface area contributed by atoms with E-state index in [4.69, 9.17) is 0 Å². The van der Waals surface area contributed by atoms with Gasteiger partial charge in [-0.3, -0.25) is 9.59 Å². The zero-order chi connectivity index (χ0) is 12.4. The number of likely N-dealkylation sites (tertiary alicyclic amines) is 1. The van der Waals surface area contributed by atoms with Crippen molar-refractivity contribution in [2.24, 2.45) is 0 Å².